The van der Waals surface area contributed by atoms with E-state index in [-0.39, 0.29) is 5.91 Å². The second-order valence-corrected chi connectivity index (χ2v) is 5.47. The maximum absolute atomic E-state index is 12.2. The maximum atomic E-state index is 12.2. The number of nitrogens with one attached hydrogen (secondary N) is 1. The standard InChI is InChI=1S/C16H19N5O/c1-20(10-12-9-17-21(2)11-12)16(22)8-7-15-18-13-5-3-4-6-14(13)19-15/h3-6,9,11H,7-8,10H2,1-2H3,(H,18,19). The molecule has 3 rings (SSSR count). The van der Waals surface area contributed by atoms with Crippen LogP contribution in [0.4, 0.5) is 0 Å². The molecule has 2 aromatic heterocycles. The summed E-state index contributed by atoms with van der Waals surface area (Å²) in [5.74, 6) is 0.952. The van der Waals surface area contributed by atoms with Crippen molar-refractivity contribution in [3.05, 3.63) is 48.0 Å². The molecule has 0 radical (unpaired) electrons. The van der Waals surface area contributed by atoms with E-state index in [1.165, 1.54) is 0 Å². The molecule has 1 amide bonds. The second kappa shape index (κ2) is 6.01. The molecule has 0 unspecified atom stereocenters. The average molecular weight is 297 g/mol. The predicted octanol–water partition coefficient (Wildman–Crippen LogP) is 1.89. The highest BCUT2D eigenvalue weighted by Gasteiger charge is 2.11. The molecule has 0 fully saturated rings. The summed E-state index contributed by atoms with van der Waals surface area (Å²) in [6.07, 6.45) is 4.76. The fourth-order valence-corrected chi connectivity index (χ4v) is 2.46. The Morgan fingerprint density at radius 2 is 2.18 bits per heavy atom. The minimum atomic E-state index is 0.101. The number of rotatable bonds is 5. The van der Waals surface area contributed by atoms with E-state index in [1.54, 1.807) is 15.8 Å². The highest BCUT2D eigenvalue weighted by Crippen LogP contribution is 2.12. The van der Waals surface area contributed by atoms with Crippen molar-refractivity contribution in [2.45, 2.75) is 19.4 Å². The number of imidazole rings is 1. The Bertz CT molecular complexity index is 756. The number of benzene rings is 1. The minimum Gasteiger partial charge on any atom is -0.342 e. The summed E-state index contributed by atoms with van der Waals surface area (Å²) in [7, 11) is 3.68. The molecule has 0 aliphatic carbocycles. The zero-order valence-corrected chi connectivity index (χ0v) is 12.8. The van der Waals surface area contributed by atoms with Gasteiger partial charge in [-0.3, -0.25) is 9.48 Å². The summed E-state index contributed by atoms with van der Waals surface area (Å²) in [5.41, 5.74) is 2.98. The van der Waals surface area contributed by atoms with Gasteiger partial charge < -0.3 is 9.88 Å². The van der Waals surface area contributed by atoms with Crippen LogP contribution >= 0.6 is 0 Å². The molecule has 0 bridgehead atoms. The Balaban J connectivity index is 1.57. The van der Waals surface area contributed by atoms with Crippen molar-refractivity contribution in [1.82, 2.24) is 24.6 Å². The van der Waals surface area contributed by atoms with E-state index in [0.29, 0.717) is 19.4 Å². The number of H-pyrrole nitrogens is 1. The van der Waals surface area contributed by atoms with E-state index >= 15 is 0 Å². The maximum Gasteiger partial charge on any atom is 0.223 e. The first-order valence-electron chi connectivity index (χ1n) is 7.27. The Labute approximate surface area is 128 Å². The monoisotopic (exact) mass is 297 g/mol. The number of carbonyl (C=O) groups excluding carboxylic acids is 1. The van der Waals surface area contributed by atoms with Crippen LogP contribution < -0.4 is 0 Å². The van der Waals surface area contributed by atoms with Gasteiger partial charge in [0.1, 0.15) is 5.82 Å². The molecule has 0 saturated heterocycles. The van der Waals surface area contributed by atoms with Gasteiger partial charge in [-0.2, -0.15) is 5.10 Å². The van der Waals surface area contributed by atoms with Crippen molar-refractivity contribution in [3.63, 3.8) is 0 Å². The number of hydrogen-bond acceptors (Lipinski definition) is 3. The smallest absolute Gasteiger partial charge is 0.223 e. The van der Waals surface area contributed by atoms with Crippen molar-refractivity contribution < 1.29 is 4.79 Å². The molecule has 22 heavy (non-hydrogen) atoms. The lowest BCUT2D eigenvalue weighted by molar-refractivity contribution is -0.130. The fraction of sp³-hybridized carbons (Fsp3) is 0.312. The van der Waals surface area contributed by atoms with E-state index < -0.39 is 0 Å². The number of aromatic amines is 1. The van der Waals surface area contributed by atoms with Crippen LogP contribution in [0.25, 0.3) is 11.0 Å². The summed E-state index contributed by atoms with van der Waals surface area (Å²) >= 11 is 0. The largest absolute Gasteiger partial charge is 0.342 e. The first kappa shape index (κ1) is 14.3. The number of aromatic nitrogens is 4. The van der Waals surface area contributed by atoms with Crippen LogP contribution in [0.15, 0.2) is 36.7 Å². The van der Waals surface area contributed by atoms with Gasteiger partial charge in [0, 0.05) is 45.2 Å². The zero-order valence-electron chi connectivity index (χ0n) is 12.8. The first-order valence-corrected chi connectivity index (χ1v) is 7.27. The van der Waals surface area contributed by atoms with Crippen molar-refractivity contribution in [1.29, 1.82) is 0 Å². The highest BCUT2D eigenvalue weighted by molar-refractivity contribution is 5.77. The number of amides is 1. The Hall–Kier alpha value is -2.63. The van der Waals surface area contributed by atoms with Crippen molar-refractivity contribution in [2.24, 2.45) is 7.05 Å². The van der Waals surface area contributed by atoms with Crippen molar-refractivity contribution in [2.75, 3.05) is 7.05 Å². The van der Waals surface area contributed by atoms with Crippen molar-refractivity contribution in [3.8, 4) is 0 Å². The molecule has 0 aliphatic heterocycles. The molecular formula is C16H19N5O. The van der Waals surface area contributed by atoms with Gasteiger partial charge in [-0.25, -0.2) is 4.98 Å². The molecular weight excluding hydrogens is 278 g/mol. The van der Waals surface area contributed by atoms with Gasteiger partial charge in [-0.1, -0.05) is 12.1 Å². The van der Waals surface area contributed by atoms with Crippen LogP contribution in [0, 0.1) is 0 Å². The zero-order chi connectivity index (χ0) is 15.5. The molecule has 0 atom stereocenters. The molecule has 6 heteroatoms. The third-order valence-electron chi connectivity index (χ3n) is 3.62. The van der Waals surface area contributed by atoms with E-state index in [4.69, 9.17) is 0 Å². The first-order chi connectivity index (χ1) is 10.6. The third-order valence-corrected chi connectivity index (χ3v) is 3.62. The molecule has 2 heterocycles. The number of fused-ring (bicyclic) bond motifs is 1. The van der Waals surface area contributed by atoms with Crippen LogP contribution in [-0.2, 0) is 24.8 Å². The van der Waals surface area contributed by atoms with Crippen molar-refractivity contribution >= 4 is 16.9 Å². The summed E-state index contributed by atoms with van der Waals surface area (Å²) in [6, 6.07) is 7.88. The number of para-hydroxylation sites is 2. The van der Waals surface area contributed by atoms with Crippen LogP contribution in [0.2, 0.25) is 0 Å². The van der Waals surface area contributed by atoms with Gasteiger partial charge in [0.2, 0.25) is 5.91 Å². The topological polar surface area (TPSA) is 66.8 Å². The van der Waals surface area contributed by atoms with Gasteiger partial charge >= 0.3 is 0 Å². The van der Waals surface area contributed by atoms with Gasteiger partial charge in [0.05, 0.1) is 17.2 Å². The fourth-order valence-electron chi connectivity index (χ4n) is 2.46. The predicted molar refractivity (Wildman–Crippen MR) is 84.1 cm³/mol. The lowest BCUT2D eigenvalue weighted by Crippen LogP contribution is -2.26. The average Bonchev–Trinajstić information content (AvgIpc) is 3.10. The highest BCUT2D eigenvalue weighted by atomic mass is 16.2. The number of aryl methyl sites for hydroxylation is 2. The van der Waals surface area contributed by atoms with Gasteiger partial charge in [0.15, 0.2) is 0 Å². The summed E-state index contributed by atoms with van der Waals surface area (Å²) in [5, 5.41) is 4.11. The normalized spacial score (nSPS) is 11.0. The van der Waals surface area contributed by atoms with E-state index in [9.17, 15) is 4.79 Å². The lowest BCUT2D eigenvalue weighted by atomic mass is 10.2. The molecule has 1 N–H and O–H groups in total. The lowest BCUT2D eigenvalue weighted by Gasteiger charge is -2.15. The second-order valence-electron chi connectivity index (χ2n) is 5.47. The van der Waals surface area contributed by atoms with Crippen LogP contribution in [0.3, 0.4) is 0 Å². The van der Waals surface area contributed by atoms with Crippen LogP contribution in [0.1, 0.15) is 17.8 Å². The van der Waals surface area contributed by atoms with Crippen LogP contribution in [-0.4, -0.2) is 37.6 Å². The Morgan fingerprint density at radius 3 is 2.91 bits per heavy atom. The molecule has 6 nitrogen and oxygen atoms in total. The Morgan fingerprint density at radius 1 is 1.36 bits per heavy atom. The number of hydrogen-bond donors (Lipinski definition) is 1. The van der Waals surface area contributed by atoms with Gasteiger partial charge in [-0.05, 0) is 12.1 Å². The molecule has 0 spiro atoms. The SMILES string of the molecule is CN(Cc1cnn(C)c1)C(=O)CCc1nc2ccccc2[nH]1. The number of carbonyl (C=O) groups is 1. The molecule has 114 valence electrons. The van der Waals surface area contributed by atoms with Gasteiger partial charge in [0.25, 0.3) is 0 Å². The van der Waals surface area contributed by atoms with E-state index in [2.05, 4.69) is 15.1 Å². The molecule has 3 aromatic rings. The summed E-state index contributed by atoms with van der Waals surface area (Å²) < 4.78 is 1.74. The van der Waals surface area contributed by atoms with E-state index in [1.807, 2.05) is 44.6 Å². The molecule has 0 aliphatic rings. The Kier molecular flexibility index (Phi) is 3.91. The quantitative estimate of drug-likeness (QED) is 0.782. The molecule has 0 saturated carbocycles. The van der Waals surface area contributed by atoms with E-state index in [0.717, 1.165) is 22.4 Å². The third kappa shape index (κ3) is 3.16. The van der Waals surface area contributed by atoms with Crippen LogP contribution in [0.5, 0.6) is 0 Å². The summed E-state index contributed by atoms with van der Waals surface area (Å²) in [4.78, 5) is 21.7. The molecule has 1 aromatic carbocycles. The van der Waals surface area contributed by atoms with Gasteiger partial charge in [-0.15, -0.1) is 0 Å². The summed E-state index contributed by atoms with van der Waals surface area (Å²) in [6.45, 7) is 0.576. The number of nitrogens with zero attached hydrogens (tertiary/aromatic N) is 4. The minimum absolute atomic E-state index is 0.101.